The van der Waals surface area contributed by atoms with Gasteiger partial charge in [-0.15, -0.1) is 0 Å². The van der Waals surface area contributed by atoms with Gasteiger partial charge in [0.25, 0.3) is 0 Å². The largest absolute Gasteiger partial charge is 0.177 e. The number of unbranched alkanes of at least 4 members (excludes halogenated alkanes) is 12. The van der Waals surface area contributed by atoms with Crippen LogP contribution < -0.4 is 0 Å². The summed E-state index contributed by atoms with van der Waals surface area (Å²) >= 11 is 2.70. The highest BCUT2D eigenvalue weighted by atomic mass is 32.1. The third-order valence-electron chi connectivity index (χ3n) is 16.8. The van der Waals surface area contributed by atoms with E-state index in [2.05, 4.69) is 138 Å². The molecule has 69 heavy (non-hydrogen) atoms. The Morgan fingerprint density at radius 2 is 0.899 bits per heavy atom. The lowest BCUT2D eigenvalue weighted by Crippen LogP contribution is -2.26. The monoisotopic (exact) mass is 951 g/mol. The molecule has 10 rings (SSSR count). The van der Waals surface area contributed by atoms with Crippen molar-refractivity contribution in [3.63, 3.8) is 0 Å². The number of hydrogen-bond acceptors (Lipinski definition) is 6. The molecule has 358 valence electrons. The van der Waals surface area contributed by atoms with Gasteiger partial charge in [-0.25, -0.2) is 0 Å². The summed E-state index contributed by atoms with van der Waals surface area (Å²) in [5, 5.41) is 0. The zero-order chi connectivity index (χ0) is 47.4. The molecule has 0 saturated heterocycles. The molecular weight excluding hydrogens is 877 g/mol. The maximum absolute atomic E-state index is 5.15. The van der Waals surface area contributed by atoms with Crippen molar-refractivity contribution >= 4 is 40.1 Å². The molecule has 2 unspecified atom stereocenters. The number of rotatable bonds is 23. The van der Waals surface area contributed by atoms with Crippen molar-refractivity contribution in [3.05, 3.63) is 148 Å². The number of benzene rings is 5. The van der Waals surface area contributed by atoms with Gasteiger partial charge < -0.3 is 0 Å². The highest BCUT2D eigenvalue weighted by Crippen LogP contribution is 2.57. The fraction of sp³-hybridized carbons (Fsp3) is 0.460. The second kappa shape index (κ2) is 21.3. The topological polar surface area (TPSA) is 51.6 Å². The molecule has 0 fully saturated rings. The van der Waals surface area contributed by atoms with Crippen LogP contribution in [0.25, 0.3) is 50.0 Å². The first-order valence-corrected chi connectivity index (χ1v) is 28.7. The number of nitrogens with zero attached hydrogens (tertiary/aromatic N) is 4. The Kier molecular flexibility index (Phi) is 14.8. The molecule has 0 aliphatic heterocycles. The van der Waals surface area contributed by atoms with Crippen LogP contribution >= 0.6 is 23.5 Å². The number of hydrogen-bond donors (Lipinski definition) is 0. The molecule has 2 atom stereocenters. The molecule has 5 aromatic carbocycles. The molecule has 0 bridgehead atoms. The predicted octanol–water partition coefficient (Wildman–Crippen LogP) is 18.8. The van der Waals surface area contributed by atoms with Crippen LogP contribution in [0.3, 0.4) is 0 Å². The Morgan fingerprint density at radius 3 is 1.45 bits per heavy atom. The van der Waals surface area contributed by atoms with Crippen LogP contribution in [0.4, 0.5) is 0 Å². The maximum atomic E-state index is 5.15. The highest BCUT2D eigenvalue weighted by molar-refractivity contribution is 7.00. The average molecular weight is 951 g/mol. The first-order chi connectivity index (χ1) is 34.0. The molecule has 6 heteroatoms. The van der Waals surface area contributed by atoms with Crippen LogP contribution in [-0.2, 0) is 10.8 Å². The van der Waals surface area contributed by atoms with Gasteiger partial charge >= 0.3 is 0 Å². The van der Waals surface area contributed by atoms with Crippen molar-refractivity contribution in [1.82, 2.24) is 17.5 Å². The van der Waals surface area contributed by atoms with Gasteiger partial charge in [-0.1, -0.05) is 228 Å². The van der Waals surface area contributed by atoms with Gasteiger partial charge in [0.05, 0.1) is 29.2 Å². The van der Waals surface area contributed by atoms with Crippen molar-refractivity contribution in [2.24, 2.45) is 5.92 Å². The van der Waals surface area contributed by atoms with Crippen LogP contribution in [0.1, 0.15) is 214 Å². The van der Waals surface area contributed by atoms with E-state index in [1.54, 1.807) is 11.1 Å². The zero-order valence-electron chi connectivity index (χ0n) is 42.2. The van der Waals surface area contributed by atoms with E-state index >= 15 is 0 Å². The molecule has 3 aliphatic rings. The molecule has 0 spiro atoms. The van der Waals surface area contributed by atoms with Crippen molar-refractivity contribution in [3.8, 4) is 33.4 Å². The van der Waals surface area contributed by atoms with Gasteiger partial charge in [-0.05, 0) is 105 Å². The van der Waals surface area contributed by atoms with E-state index in [9.17, 15) is 0 Å². The van der Waals surface area contributed by atoms with E-state index in [0.717, 1.165) is 22.4 Å². The third-order valence-corrected chi connectivity index (χ3v) is 17.9. The number of allylic oxidation sites excluding steroid dienone is 1. The molecule has 2 heterocycles. The second-order valence-corrected chi connectivity index (χ2v) is 22.2. The summed E-state index contributed by atoms with van der Waals surface area (Å²) in [4.78, 5) is 0. The smallest absolute Gasteiger partial charge is 0.112 e. The summed E-state index contributed by atoms with van der Waals surface area (Å²) in [7, 11) is 0. The van der Waals surface area contributed by atoms with Gasteiger partial charge in [0, 0.05) is 27.9 Å². The minimum atomic E-state index is 0.0336. The Morgan fingerprint density at radius 1 is 0.435 bits per heavy atom. The van der Waals surface area contributed by atoms with Crippen molar-refractivity contribution in [2.75, 3.05) is 0 Å². The van der Waals surface area contributed by atoms with Gasteiger partial charge in [0.2, 0.25) is 0 Å². The fourth-order valence-electron chi connectivity index (χ4n) is 13.3. The van der Waals surface area contributed by atoms with E-state index in [0.29, 0.717) is 0 Å². The Hall–Kier alpha value is -4.78. The van der Waals surface area contributed by atoms with Crippen LogP contribution in [-0.4, -0.2) is 17.5 Å². The number of aromatic nitrogens is 4. The Balaban J connectivity index is 1.00. The van der Waals surface area contributed by atoms with E-state index in [4.69, 9.17) is 17.5 Å². The van der Waals surface area contributed by atoms with Crippen molar-refractivity contribution in [2.45, 2.75) is 180 Å². The molecule has 0 N–H and O–H groups in total. The standard InChI is InChI=1S/C63H74N4S2/c1-6-10-14-22-36-62(37-23-15-11-7-2)53-28-20-18-26-47(53)49-32-30-44(41-55(49)62)46-34-35-51(59-58(46)64-68-65-59)57-43(5)40-52(60-61(57)67-69-66-60)45-31-33-50-48-27-19-21-29-54(48)63(56(50)42-45,38-24-16-12-8-3)39-25-17-13-9-4/h18-21,26-35,40-43,57H,6-17,22-25,36-39H2,1-5H3. The lowest BCUT2D eigenvalue weighted by molar-refractivity contribution is 0.401. The normalized spacial score (nSPS) is 17.1. The summed E-state index contributed by atoms with van der Waals surface area (Å²) in [6, 6.07) is 38.1. The van der Waals surface area contributed by atoms with E-state index in [1.165, 1.54) is 213 Å². The molecule has 7 aromatic rings. The van der Waals surface area contributed by atoms with Crippen LogP contribution in [0, 0.1) is 5.92 Å². The van der Waals surface area contributed by atoms with Gasteiger partial charge in [-0.3, -0.25) is 0 Å². The van der Waals surface area contributed by atoms with E-state index < -0.39 is 0 Å². The molecule has 0 radical (unpaired) electrons. The van der Waals surface area contributed by atoms with E-state index in [1.807, 2.05) is 0 Å². The van der Waals surface area contributed by atoms with Gasteiger partial charge in [-0.2, -0.15) is 17.5 Å². The maximum Gasteiger partial charge on any atom is 0.112 e. The lowest BCUT2D eigenvalue weighted by atomic mass is 9.70. The summed E-state index contributed by atoms with van der Waals surface area (Å²) < 4.78 is 20.5. The van der Waals surface area contributed by atoms with Gasteiger partial charge in [0.15, 0.2) is 0 Å². The Bertz CT molecular complexity index is 2890. The summed E-state index contributed by atoms with van der Waals surface area (Å²) in [6.07, 6.45) is 27.8. The molecular formula is C63H74N4S2. The first kappa shape index (κ1) is 47.9. The zero-order valence-corrected chi connectivity index (χ0v) is 43.9. The molecule has 4 nitrogen and oxygen atoms in total. The Labute approximate surface area is 422 Å². The molecule has 3 aliphatic carbocycles. The SMILES string of the molecule is CCCCCCC1(CCCCCC)c2ccccc2-c2ccc(C3=CC(C)C(c4ccc(-c5ccc6c(c5)C(CCCCCC)(CCCCCC)c5ccccc5-6)c5nsnc45)c4nsnc43)cc21. The molecule has 0 amide bonds. The summed E-state index contributed by atoms with van der Waals surface area (Å²) in [6.45, 7) is 11.7. The van der Waals surface area contributed by atoms with Crippen LogP contribution in [0.2, 0.25) is 0 Å². The molecule has 0 saturated carbocycles. The summed E-state index contributed by atoms with van der Waals surface area (Å²) in [5.41, 5.74) is 22.2. The second-order valence-electron chi connectivity index (χ2n) is 21.1. The van der Waals surface area contributed by atoms with E-state index in [-0.39, 0.29) is 22.7 Å². The number of fused-ring (bicyclic) bond motifs is 8. The first-order valence-electron chi connectivity index (χ1n) is 27.3. The van der Waals surface area contributed by atoms with Crippen LogP contribution in [0.5, 0.6) is 0 Å². The van der Waals surface area contributed by atoms with Crippen molar-refractivity contribution in [1.29, 1.82) is 0 Å². The third kappa shape index (κ3) is 8.79. The quantitative estimate of drug-likeness (QED) is 0.0600. The lowest BCUT2D eigenvalue weighted by Gasteiger charge is -2.33. The highest BCUT2D eigenvalue weighted by Gasteiger charge is 2.44. The minimum Gasteiger partial charge on any atom is -0.177 e. The van der Waals surface area contributed by atoms with Crippen molar-refractivity contribution < 1.29 is 0 Å². The predicted molar refractivity (Wildman–Crippen MR) is 295 cm³/mol. The average Bonchev–Trinajstić information content (AvgIpc) is 4.18. The minimum absolute atomic E-state index is 0.0336. The fourth-order valence-corrected chi connectivity index (χ4v) is 14.5. The van der Waals surface area contributed by atoms with Crippen LogP contribution in [0.15, 0.2) is 103 Å². The molecule has 2 aromatic heterocycles. The summed E-state index contributed by atoms with van der Waals surface area (Å²) in [5.74, 6) is 0.219. The van der Waals surface area contributed by atoms with Gasteiger partial charge in [0.1, 0.15) is 16.7 Å².